The lowest BCUT2D eigenvalue weighted by atomic mass is 10.1. The largest absolute Gasteiger partial charge is 0.497 e. The summed E-state index contributed by atoms with van der Waals surface area (Å²) in [6.45, 7) is 1.47. The lowest BCUT2D eigenvalue weighted by Crippen LogP contribution is -2.15. The first kappa shape index (κ1) is 15.5. The number of amides is 1. The van der Waals surface area contributed by atoms with Crippen LogP contribution in [0.1, 0.15) is 27.6 Å². The van der Waals surface area contributed by atoms with Crippen LogP contribution in [-0.2, 0) is 0 Å². The molecule has 0 fully saturated rings. The molecule has 21 heavy (non-hydrogen) atoms. The normalized spacial score (nSPS) is 10.0. The summed E-state index contributed by atoms with van der Waals surface area (Å²) < 4.78 is 5.95. The molecule has 1 amide bonds. The number of benzene rings is 2. The van der Waals surface area contributed by atoms with Gasteiger partial charge in [-0.1, -0.05) is 12.1 Å². The summed E-state index contributed by atoms with van der Waals surface area (Å²) in [7, 11) is 1.55. The van der Waals surface area contributed by atoms with Gasteiger partial charge in [0.15, 0.2) is 5.78 Å². The van der Waals surface area contributed by atoms with Crippen molar-refractivity contribution < 1.29 is 14.3 Å². The summed E-state index contributed by atoms with van der Waals surface area (Å²) >= 11 is 2.09. The van der Waals surface area contributed by atoms with Gasteiger partial charge in [0.1, 0.15) is 5.75 Å². The van der Waals surface area contributed by atoms with Crippen LogP contribution in [0.4, 0.5) is 5.69 Å². The molecule has 0 saturated heterocycles. The van der Waals surface area contributed by atoms with E-state index in [1.807, 2.05) is 6.07 Å². The molecule has 0 bridgehead atoms. The monoisotopic (exact) mass is 395 g/mol. The highest BCUT2D eigenvalue weighted by atomic mass is 127. The van der Waals surface area contributed by atoms with Crippen LogP contribution in [0.25, 0.3) is 0 Å². The number of methoxy groups -OCH3 is 1. The Bertz CT molecular complexity index is 698. The number of ether oxygens (including phenoxy) is 1. The van der Waals surface area contributed by atoms with Crippen LogP contribution < -0.4 is 10.1 Å². The van der Waals surface area contributed by atoms with Crippen LogP contribution in [0.5, 0.6) is 5.75 Å². The molecule has 4 nitrogen and oxygen atoms in total. The van der Waals surface area contributed by atoms with Gasteiger partial charge >= 0.3 is 0 Å². The van der Waals surface area contributed by atoms with Crippen LogP contribution in [0, 0.1) is 3.57 Å². The number of hydrogen-bond donors (Lipinski definition) is 1. The lowest BCUT2D eigenvalue weighted by Gasteiger charge is -2.11. The third kappa shape index (κ3) is 3.60. The molecule has 2 aromatic rings. The van der Waals surface area contributed by atoms with Gasteiger partial charge in [0, 0.05) is 9.13 Å². The third-order valence-electron chi connectivity index (χ3n) is 2.97. The third-order valence-corrected chi connectivity index (χ3v) is 3.91. The zero-order valence-corrected chi connectivity index (χ0v) is 13.8. The van der Waals surface area contributed by atoms with E-state index in [1.54, 1.807) is 43.5 Å². The van der Waals surface area contributed by atoms with Crippen molar-refractivity contribution in [1.29, 1.82) is 0 Å². The Morgan fingerprint density at radius 2 is 1.81 bits per heavy atom. The van der Waals surface area contributed by atoms with Gasteiger partial charge in [-0.05, 0) is 59.8 Å². The minimum atomic E-state index is -0.271. The molecule has 0 aliphatic heterocycles. The van der Waals surface area contributed by atoms with E-state index in [4.69, 9.17) is 4.74 Å². The van der Waals surface area contributed by atoms with Gasteiger partial charge in [-0.15, -0.1) is 0 Å². The summed E-state index contributed by atoms with van der Waals surface area (Å²) in [4.78, 5) is 24.0. The topological polar surface area (TPSA) is 55.4 Å². The fourth-order valence-corrected chi connectivity index (χ4v) is 2.47. The second-order valence-corrected chi connectivity index (χ2v) is 5.56. The van der Waals surface area contributed by atoms with Crippen molar-refractivity contribution in [2.45, 2.75) is 6.92 Å². The maximum atomic E-state index is 12.4. The van der Waals surface area contributed by atoms with Gasteiger partial charge in [-0.2, -0.15) is 0 Å². The van der Waals surface area contributed by atoms with Crippen molar-refractivity contribution >= 4 is 40.0 Å². The fraction of sp³-hybridized carbons (Fsp3) is 0.125. The number of ketones is 1. The van der Waals surface area contributed by atoms with Crippen molar-refractivity contribution in [1.82, 2.24) is 0 Å². The standard InChI is InChI=1S/C16H14INO3/c1-10(19)12-5-3-4-6-15(12)18-16(20)13-9-11(21-2)7-8-14(13)17/h3-9H,1-2H3,(H,18,20). The van der Waals surface area contributed by atoms with Gasteiger partial charge in [-0.25, -0.2) is 0 Å². The first-order valence-electron chi connectivity index (χ1n) is 6.27. The molecule has 0 aliphatic rings. The molecule has 0 aliphatic carbocycles. The van der Waals surface area contributed by atoms with Gasteiger partial charge in [0.2, 0.25) is 0 Å². The van der Waals surface area contributed by atoms with Crippen LogP contribution in [-0.4, -0.2) is 18.8 Å². The van der Waals surface area contributed by atoms with E-state index >= 15 is 0 Å². The zero-order valence-electron chi connectivity index (χ0n) is 11.6. The van der Waals surface area contributed by atoms with E-state index in [1.165, 1.54) is 6.92 Å². The molecular formula is C16H14INO3. The van der Waals surface area contributed by atoms with Crippen molar-refractivity contribution in [3.8, 4) is 5.75 Å². The summed E-state index contributed by atoms with van der Waals surface area (Å²) in [5.74, 6) is 0.249. The molecule has 1 N–H and O–H groups in total. The summed E-state index contributed by atoms with van der Waals surface area (Å²) in [6, 6.07) is 12.2. The second-order valence-electron chi connectivity index (χ2n) is 4.40. The number of nitrogens with one attached hydrogen (secondary N) is 1. The Morgan fingerprint density at radius 1 is 1.10 bits per heavy atom. The van der Waals surface area contributed by atoms with Crippen molar-refractivity contribution in [2.24, 2.45) is 0 Å². The van der Waals surface area contributed by atoms with Crippen LogP contribution in [0.3, 0.4) is 0 Å². The number of carbonyl (C=O) groups is 2. The molecule has 0 radical (unpaired) electrons. The highest BCUT2D eigenvalue weighted by molar-refractivity contribution is 14.1. The van der Waals surface area contributed by atoms with Crippen molar-refractivity contribution in [3.05, 3.63) is 57.2 Å². The molecular weight excluding hydrogens is 381 g/mol. The average Bonchev–Trinajstić information content (AvgIpc) is 2.48. The number of carbonyl (C=O) groups excluding carboxylic acids is 2. The number of Topliss-reactive ketones (excluding diaryl/α,β-unsaturated/α-hetero) is 1. The smallest absolute Gasteiger partial charge is 0.256 e. The van der Waals surface area contributed by atoms with E-state index in [2.05, 4.69) is 27.9 Å². The Morgan fingerprint density at radius 3 is 2.48 bits per heavy atom. The molecule has 0 spiro atoms. The molecule has 5 heteroatoms. The maximum Gasteiger partial charge on any atom is 0.256 e. The summed E-state index contributed by atoms with van der Waals surface area (Å²) in [6.07, 6.45) is 0. The fourth-order valence-electron chi connectivity index (χ4n) is 1.89. The van der Waals surface area contributed by atoms with Gasteiger partial charge < -0.3 is 10.1 Å². The van der Waals surface area contributed by atoms with Crippen molar-refractivity contribution in [3.63, 3.8) is 0 Å². The van der Waals surface area contributed by atoms with E-state index in [0.29, 0.717) is 22.6 Å². The molecule has 0 aromatic heterocycles. The van der Waals surface area contributed by atoms with Crippen molar-refractivity contribution in [2.75, 3.05) is 12.4 Å². The first-order valence-corrected chi connectivity index (χ1v) is 7.35. The van der Waals surface area contributed by atoms with Gasteiger partial charge in [0.25, 0.3) is 5.91 Å². The highest BCUT2D eigenvalue weighted by Gasteiger charge is 2.14. The Kier molecular flexibility index (Phi) is 4.95. The van der Waals surface area contributed by atoms with Crippen LogP contribution >= 0.6 is 22.6 Å². The van der Waals surface area contributed by atoms with Crippen LogP contribution in [0.2, 0.25) is 0 Å². The number of anilines is 1. The van der Waals surface area contributed by atoms with E-state index in [9.17, 15) is 9.59 Å². The predicted molar refractivity (Wildman–Crippen MR) is 90.1 cm³/mol. The summed E-state index contributed by atoms with van der Waals surface area (Å²) in [5, 5.41) is 2.78. The minimum absolute atomic E-state index is 0.0914. The summed E-state index contributed by atoms with van der Waals surface area (Å²) in [5.41, 5.74) is 1.51. The average molecular weight is 395 g/mol. The quantitative estimate of drug-likeness (QED) is 0.634. The number of para-hydroxylation sites is 1. The molecule has 2 rings (SSSR count). The SMILES string of the molecule is COc1ccc(I)c(C(=O)Nc2ccccc2C(C)=O)c1. The molecule has 108 valence electrons. The maximum absolute atomic E-state index is 12.4. The molecule has 0 unspecified atom stereocenters. The lowest BCUT2D eigenvalue weighted by molar-refractivity contribution is 0.101. The van der Waals surface area contributed by atoms with Gasteiger partial charge in [0.05, 0.1) is 18.4 Å². The number of hydrogen-bond acceptors (Lipinski definition) is 3. The Labute approximate surface area is 136 Å². The van der Waals surface area contributed by atoms with E-state index in [-0.39, 0.29) is 11.7 Å². The van der Waals surface area contributed by atoms with Gasteiger partial charge in [-0.3, -0.25) is 9.59 Å². The molecule has 0 heterocycles. The van der Waals surface area contributed by atoms with Crippen LogP contribution in [0.15, 0.2) is 42.5 Å². The minimum Gasteiger partial charge on any atom is -0.497 e. The Hall–Kier alpha value is -1.89. The predicted octanol–water partition coefficient (Wildman–Crippen LogP) is 3.75. The molecule has 2 aromatic carbocycles. The molecule has 0 atom stereocenters. The Balaban J connectivity index is 2.33. The zero-order chi connectivity index (χ0) is 15.4. The number of halogens is 1. The molecule has 0 saturated carbocycles. The highest BCUT2D eigenvalue weighted by Crippen LogP contribution is 2.22. The van der Waals surface area contributed by atoms with E-state index < -0.39 is 0 Å². The number of rotatable bonds is 4. The second kappa shape index (κ2) is 6.71. The van der Waals surface area contributed by atoms with E-state index in [0.717, 1.165) is 3.57 Å². The first-order chi connectivity index (χ1) is 10.0.